The molecule has 6 nitrogen and oxygen atoms in total. The molecule has 4 rings (SSSR count). The van der Waals surface area contributed by atoms with E-state index in [0.717, 1.165) is 10.4 Å². The van der Waals surface area contributed by atoms with Crippen molar-refractivity contribution in [2.24, 2.45) is 7.05 Å². The fourth-order valence-electron chi connectivity index (χ4n) is 2.68. The number of nitrogens with one attached hydrogen (secondary N) is 1. The molecule has 1 atom stereocenters. The zero-order chi connectivity index (χ0) is 18.3. The smallest absolute Gasteiger partial charge is 0.408 e. The minimum absolute atomic E-state index is 0.0817. The lowest BCUT2D eigenvalue weighted by Gasteiger charge is -2.17. The number of nitrogens with zero attached hydrogens (tertiary/aromatic N) is 1. The van der Waals surface area contributed by atoms with Crippen molar-refractivity contribution < 1.29 is 12.8 Å². The molecular weight excluding hydrogens is 392 g/mol. The molecule has 0 aliphatic carbocycles. The quantitative estimate of drug-likeness (QED) is 0.551. The highest BCUT2D eigenvalue weighted by Crippen LogP contribution is 2.29. The first kappa shape index (κ1) is 17.2. The van der Waals surface area contributed by atoms with Gasteiger partial charge in [-0.15, -0.1) is 11.3 Å². The van der Waals surface area contributed by atoms with Gasteiger partial charge in [0.15, 0.2) is 5.58 Å². The van der Waals surface area contributed by atoms with Gasteiger partial charge in [-0.3, -0.25) is 4.57 Å². The molecule has 134 valence electrons. The Morgan fingerprint density at radius 3 is 2.73 bits per heavy atom. The second kappa shape index (κ2) is 6.51. The van der Waals surface area contributed by atoms with Crippen LogP contribution in [-0.4, -0.2) is 13.0 Å². The molecule has 0 fully saturated rings. The summed E-state index contributed by atoms with van der Waals surface area (Å²) >= 11 is 3.00. The zero-order valence-electron chi connectivity index (χ0n) is 13.6. The van der Waals surface area contributed by atoms with E-state index in [0.29, 0.717) is 11.1 Å². The number of oxazole rings is 1. The molecule has 9 heteroatoms. The average molecular weight is 407 g/mol. The van der Waals surface area contributed by atoms with Crippen LogP contribution in [0.15, 0.2) is 66.6 Å². The van der Waals surface area contributed by atoms with E-state index >= 15 is 0 Å². The molecular formula is C17H14N2O4S3. The van der Waals surface area contributed by atoms with Gasteiger partial charge in [0.05, 0.1) is 16.5 Å². The Labute approximate surface area is 157 Å². The highest BCUT2D eigenvalue weighted by molar-refractivity contribution is 7.89. The summed E-state index contributed by atoms with van der Waals surface area (Å²) in [5.41, 5.74) is 1.67. The van der Waals surface area contributed by atoms with Crippen LogP contribution in [0, 0.1) is 0 Å². The molecule has 4 aromatic rings. The van der Waals surface area contributed by atoms with Gasteiger partial charge in [-0.05, 0) is 52.0 Å². The molecule has 1 aromatic carbocycles. The van der Waals surface area contributed by atoms with Gasteiger partial charge in [-0.1, -0.05) is 6.07 Å². The minimum Gasteiger partial charge on any atom is -0.408 e. The molecule has 0 amide bonds. The molecule has 0 aliphatic heterocycles. The number of sulfonamides is 1. The second-order valence-electron chi connectivity index (χ2n) is 5.68. The SMILES string of the molecule is Cn1c(=O)oc2ccc(S(=O)(=O)NC(c3ccsc3)c3cccs3)cc21. The first-order valence-electron chi connectivity index (χ1n) is 7.63. The van der Waals surface area contributed by atoms with Crippen molar-refractivity contribution in [1.82, 2.24) is 9.29 Å². The lowest BCUT2D eigenvalue weighted by atomic mass is 10.1. The summed E-state index contributed by atoms with van der Waals surface area (Å²) < 4.78 is 35.1. The summed E-state index contributed by atoms with van der Waals surface area (Å²) in [6.45, 7) is 0. The van der Waals surface area contributed by atoms with E-state index in [2.05, 4.69) is 4.72 Å². The maximum absolute atomic E-state index is 13.0. The van der Waals surface area contributed by atoms with Gasteiger partial charge < -0.3 is 4.42 Å². The van der Waals surface area contributed by atoms with Crippen molar-refractivity contribution in [3.05, 3.63) is 73.5 Å². The van der Waals surface area contributed by atoms with Gasteiger partial charge in [0.2, 0.25) is 10.0 Å². The van der Waals surface area contributed by atoms with E-state index in [1.807, 2.05) is 34.3 Å². The fourth-order valence-corrected chi connectivity index (χ4v) is 5.47. The number of rotatable bonds is 5. The van der Waals surface area contributed by atoms with Crippen molar-refractivity contribution in [3.8, 4) is 0 Å². The predicted molar refractivity (Wildman–Crippen MR) is 102 cm³/mol. The van der Waals surface area contributed by atoms with E-state index in [-0.39, 0.29) is 4.90 Å². The monoisotopic (exact) mass is 406 g/mol. The zero-order valence-corrected chi connectivity index (χ0v) is 16.0. The maximum atomic E-state index is 13.0. The molecule has 0 saturated heterocycles. The molecule has 26 heavy (non-hydrogen) atoms. The largest absolute Gasteiger partial charge is 0.419 e. The van der Waals surface area contributed by atoms with Crippen LogP contribution in [0.4, 0.5) is 0 Å². The van der Waals surface area contributed by atoms with Gasteiger partial charge in [0.25, 0.3) is 0 Å². The molecule has 3 aromatic heterocycles. The van der Waals surface area contributed by atoms with E-state index in [1.165, 1.54) is 52.5 Å². The number of thiophene rings is 2. The van der Waals surface area contributed by atoms with Gasteiger partial charge in [0.1, 0.15) is 0 Å². The standard InChI is InChI=1S/C17H14N2O4S3/c1-19-13-9-12(4-5-14(13)23-17(19)20)26(21,22)18-16(11-6-8-24-10-11)15-3-2-7-25-15/h2-10,16,18H,1H3. The van der Waals surface area contributed by atoms with Gasteiger partial charge in [0, 0.05) is 11.9 Å². The van der Waals surface area contributed by atoms with Crippen LogP contribution < -0.4 is 10.5 Å². The van der Waals surface area contributed by atoms with Crippen LogP contribution in [0.1, 0.15) is 16.5 Å². The first-order chi connectivity index (χ1) is 12.5. The summed E-state index contributed by atoms with van der Waals surface area (Å²) in [5.74, 6) is -0.530. The Bertz CT molecular complexity index is 1170. The van der Waals surface area contributed by atoms with Crippen LogP contribution in [0.2, 0.25) is 0 Å². The topological polar surface area (TPSA) is 81.3 Å². The van der Waals surface area contributed by atoms with Gasteiger partial charge >= 0.3 is 5.76 Å². The molecule has 0 saturated carbocycles. The van der Waals surface area contributed by atoms with Crippen LogP contribution in [-0.2, 0) is 17.1 Å². The highest BCUT2D eigenvalue weighted by Gasteiger charge is 2.25. The van der Waals surface area contributed by atoms with Crippen LogP contribution >= 0.6 is 22.7 Å². The highest BCUT2D eigenvalue weighted by atomic mass is 32.2. The predicted octanol–water partition coefficient (Wildman–Crippen LogP) is 3.32. The summed E-state index contributed by atoms with van der Waals surface area (Å²) in [7, 11) is -2.27. The number of benzene rings is 1. The molecule has 0 aliphatic rings. The number of hydrogen-bond donors (Lipinski definition) is 1. The molecule has 0 bridgehead atoms. The second-order valence-corrected chi connectivity index (χ2v) is 9.16. The Kier molecular flexibility index (Phi) is 4.31. The van der Waals surface area contributed by atoms with E-state index in [1.54, 1.807) is 0 Å². The summed E-state index contributed by atoms with van der Waals surface area (Å²) in [6, 6.07) is 9.61. The van der Waals surface area contributed by atoms with E-state index in [4.69, 9.17) is 4.42 Å². The minimum atomic E-state index is -3.81. The summed E-state index contributed by atoms with van der Waals surface area (Å²) in [6.07, 6.45) is 0. The molecule has 3 heterocycles. The Balaban J connectivity index is 1.76. The summed E-state index contributed by atoms with van der Waals surface area (Å²) in [4.78, 5) is 12.6. The third-order valence-corrected chi connectivity index (χ3v) is 7.11. The van der Waals surface area contributed by atoms with Crippen molar-refractivity contribution >= 4 is 43.8 Å². The lowest BCUT2D eigenvalue weighted by Crippen LogP contribution is -2.28. The Morgan fingerprint density at radius 2 is 2.04 bits per heavy atom. The van der Waals surface area contributed by atoms with Crippen molar-refractivity contribution in [2.45, 2.75) is 10.9 Å². The third kappa shape index (κ3) is 3.03. The number of aromatic nitrogens is 1. The third-order valence-electron chi connectivity index (χ3n) is 4.05. The molecule has 0 radical (unpaired) electrons. The Hall–Kier alpha value is -2.20. The van der Waals surface area contributed by atoms with Crippen LogP contribution in [0.3, 0.4) is 0 Å². The molecule has 1 unspecified atom stereocenters. The van der Waals surface area contributed by atoms with Crippen molar-refractivity contribution in [3.63, 3.8) is 0 Å². The van der Waals surface area contributed by atoms with Crippen LogP contribution in [0.25, 0.3) is 11.1 Å². The van der Waals surface area contributed by atoms with E-state index < -0.39 is 21.8 Å². The summed E-state index contributed by atoms with van der Waals surface area (Å²) in [5, 5.41) is 5.75. The van der Waals surface area contributed by atoms with Gasteiger partial charge in [-0.25, -0.2) is 13.2 Å². The van der Waals surface area contributed by atoms with E-state index in [9.17, 15) is 13.2 Å². The average Bonchev–Trinajstić information content (AvgIpc) is 3.36. The lowest BCUT2D eigenvalue weighted by molar-refractivity contribution is 0.528. The fraction of sp³-hybridized carbons (Fsp3) is 0.118. The molecule has 1 N–H and O–H groups in total. The number of hydrogen-bond acceptors (Lipinski definition) is 6. The van der Waals surface area contributed by atoms with Crippen molar-refractivity contribution in [1.29, 1.82) is 0 Å². The number of fused-ring (bicyclic) bond motifs is 1. The number of aryl methyl sites for hydroxylation is 1. The first-order valence-corrected chi connectivity index (χ1v) is 10.9. The van der Waals surface area contributed by atoms with Crippen LogP contribution in [0.5, 0.6) is 0 Å². The normalized spacial score (nSPS) is 13.3. The maximum Gasteiger partial charge on any atom is 0.419 e. The van der Waals surface area contributed by atoms with Crippen molar-refractivity contribution in [2.75, 3.05) is 0 Å². The molecule has 0 spiro atoms. The Morgan fingerprint density at radius 1 is 1.19 bits per heavy atom. The van der Waals surface area contributed by atoms with Gasteiger partial charge in [-0.2, -0.15) is 16.1 Å².